The van der Waals surface area contributed by atoms with Gasteiger partial charge < -0.3 is 14.8 Å². The summed E-state index contributed by atoms with van der Waals surface area (Å²) in [6.07, 6.45) is -0.0335. The van der Waals surface area contributed by atoms with Crippen molar-refractivity contribution in [1.29, 1.82) is 0 Å². The molecule has 0 saturated carbocycles. The molecule has 0 spiro atoms. The summed E-state index contributed by atoms with van der Waals surface area (Å²) >= 11 is 11.9. The number of carbonyl (C=O) groups is 2. The van der Waals surface area contributed by atoms with Gasteiger partial charge in [-0.1, -0.05) is 18.2 Å². The molecule has 0 saturated heterocycles. The zero-order valence-corrected chi connectivity index (χ0v) is 22.6. The minimum Gasteiger partial charge on any atom is -0.460 e. The van der Waals surface area contributed by atoms with Crippen LogP contribution >= 0.6 is 23.2 Å². The SMILES string of the molecule is Cc1ccc(CN(CCCl)CCCl)cc1C[C@@H](CC(=O)OC(C)(C)C)NC(=O)OC(C)(C)C. The third-order valence-corrected chi connectivity index (χ3v) is 4.98. The standard InChI is InChI=1S/C25H40Cl2N2O4/c1-18-8-9-19(17-29(12-10-26)13-11-27)14-20(18)15-21(16-22(30)32-24(2,3)4)28-23(31)33-25(5,6)7/h8-9,14,21H,10-13,15-17H2,1-7H3,(H,28,31)/t21-/m0/s1. The molecule has 8 heteroatoms. The number of alkyl halides is 2. The maximum absolute atomic E-state index is 12.5. The number of nitrogens with zero attached hydrogens (tertiary/aromatic N) is 1. The minimum atomic E-state index is -0.634. The molecule has 1 aromatic rings. The van der Waals surface area contributed by atoms with Gasteiger partial charge in [0.15, 0.2) is 0 Å². The van der Waals surface area contributed by atoms with Gasteiger partial charge in [-0.05, 0) is 71.6 Å². The zero-order valence-electron chi connectivity index (χ0n) is 21.1. The van der Waals surface area contributed by atoms with Gasteiger partial charge in [0.25, 0.3) is 0 Å². The van der Waals surface area contributed by atoms with Crippen LogP contribution in [-0.4, -0.2) is 59.1 Å². The normalized spacial score (nSPS) is 13.0. The van der Waals surface area contributed by atoms with E-state index in [4.69, 9.17) is 32.7 Å². The zero-order chi connectivity index (χ0) is 25.2. The number of nitrogens with one attached hydrogen (secondary N) is 1. The third-order valence-electron chi connectivity index (χ3n) is 4.64. The highest BCUT2D eigenvalue weighted by Crippen LogP contribution is 2.18. The fourth-order valence-electron chi connectivity index (χ4n) is 3.31. The lowest BCUT2D eigenvalue weighted by atomic mass is 9.96. The van der Waals surface area contributed by atoms with Crippen LogP contribution in [0.25, 0.3) is 0 Å². The first kappa shape index (κ1) is 29.5. The first-order valence-corrected chi connectivity index (χ1v) is 12.4. The molecule has 33 heavy (non-hydrogen) atoms. The van der Waals surface area contributed by atoms with Gasteiger partial charge in [0.2, 0.25) is 0 Å². The molecule has 1 amide bonds. The Balaban J connectivity index is 3.06. The van der Waals surface area contributed by atoms with Gasteiger partial charge in [0.05, 0.1) is 6.42 Å². The lowest BCUT2D eigenvalue weighted by Crippen LogP contribution is -2.42. The highest BCUT2D eigenvalue weighted by Gasteiger charge is 2.25. The van der Waals surface area contributed by atoms with E-state index in [0.717, 1.165) is 36.3 Å². The molecule has 0 aliphatic rings. The summed E-state index contributed by atoms with van der Waals surface area (Å²) in [4.78, 5) is 27.2. The molecule has 0 radical (unpaired) electrons. The number of esters is 1. The summed E-state index contributed by atoms with van der Waals surface area (Å²) in [6, 6.07) is 5.79. The highest BCUT2D eigenvalue weighted by molar-refractivity contribution is 6.18. The van der Waals surface area contributed by atoms with Crippen molar-refractivity contribution in [3.63, 3.8) is 0 Å². The van der Waals surface area contributed by atoms with Gasteiger partial charge in [-0.15, -0.1) is 23.2 Å². The Kier molecular flexibility index (Phi) is 12.0. The van der Waals surface area contributed by atoms with E-state index in [1.165, 1.54) is 0 Å². The molecule has 188 valence electrons. The van der Waals surface area contributed by atoms with Crippen molar-refractivity contribution in [2.24, 2.45) is 0 Å². The van der Waals surface area contributed by atoms with Crippen molar-refractivity contribution < 1.29 is 19.1 Å². The molecule has 0 aliphatic heterocycles. The molecule has 1 atom stereocenters. The third kappa shape index (κ3) is 13.1. The number of rotatable bonds is 11. The van der Waals surface area contributed by atoms with Crippen molar-refractivity contribution in [3.8, 4) is 0 Å². The lowest BCUT2D eigenvalue weighted by molar-refractivity contribution is -0.155. The predicted octanol–water partition coefficient (Wildman–Crippen LogP) is 5.44. The van der Waals surface area contributed by atoms with Gasteiger partial charge in [0.1, 0.15) is 11.2 Å². The van der Waals surface area contributed by atoms with Crippen molar-refractivity contribution >= 4 is 35.3 Å². The fraction of sp³-hybridized carbons (Fsp3) is 0.680. The molecule has 0 aliphatic carbocycles. The maximum Gasteiger partial charge on any atom is 0.407 e. The number of hydrogen-bond donors (Lipinski definition) is 1. The van der Waals surface area contributed by atoms with E-state index in [2.05, 4.69) is 28.4 Å². The van der Waals surface area contributed by atoms with Gasteiger partial charge in [-0.3, -0.25) is 9.69 Å². The van der Waals surface area contributed by atoms with Crippen LogP contribution in [0.1, 0.15) is 64.7 Å². The van der Waals surface area contributed by atoms with Crippen LogP contribution in [0.4, 0.5) is 4.79 Å². The predicted molar refractivity (Wildman–Crippen MR) is 135 cm³/mol. The first-order valence-electron chi connectivity index (χ1n) is 11.4. The van der Waals surface area contributed by atoms with Crippen molar-refractivity contribution in [2.45, 2.75) is 85.1 Å². The minimum absolute atomic E-state index is 0.0464. The van der Waals surface area contributed by atoms with Crippen LogP contribution in [0.5, 0.6) is 0 Å². The molecule has 0 unspecified atom stereocenters. The molecule has 6 nitrogen and oxygen atoms in total. The first-order chi connectivity index (χ1) is 15.2. The van der Waals surface area contributed by atoms with Gasteiger partial charge in [-0.25, -0.2) is 4.79 Å². The molecule has 0 aromatic heterocycles. The largest absolute Gasteiger partial charge is 0.460 e. The molecule has 1 aromatic carbocycles. The van der Waals surface area contributed by atoms with Crippen LogP contribution in [0.15, 0.2) is 18.2 Å². The molecular formula is C25H40Cl2N2O4. The molecule has 0 fully saturated rings. The average Bonchev–Trinajstić information content (AvgIpc) is 2.61. The van der Waals surface area contributed by atoms with Crippen molar-refractivity contribution in [2.75, 3.05) is 24.8 Å². The van der Waals surface area contributed by atoms with Crippen LogP contribution in [-0.2, 0) is 27.2 Å². The second-order valence-electron chi connectivity index (χ2n) is 10.3. The van der Waals surface area contributed by atoms with Crippen LogP contribution in [0, 0.1) is 6.92 Å². The highest BCUT2D eigenvalue weighted by atomic mass is 35.5. The maximum atomic E-state index is 12.5. The number of hydrogen-bond acceptors (Lipinski definition) is 5. The topological polar surface area (TPSA) is 67.9 Å². The summed E-state index contributed by atoms with van der Waals surface area (Å²) in [7, 11) is 0. The van der Waals surface area contributed by atoms with E-state index in [1.54, 1.807) is 20.8 Å². The quantitative estimate of drug-likeness (QED) is 0.322. The Labute approximate surface area is 209 Å². The van der Waals surface area contributed by atoms with Gasteiger partial charge >= 0.3 is 12.1 Å². The van der Waals surface area contributed by atoms with E-state index < -0.39 is 23.3 Å². The lowest BCUT2D eigenvalue weighted by Gasteiger charge is -2.26. The van der Waals surface area contributed by atoms with Gasteiger partial charge in [0, 0.05) is 37.4 Å². The number of ether oxygens (including phenoxy) is 2. The van der Waals surface area contributed by atoms with Crippen molar-refractivity contribution in [3.05, 3.63) is 34.9 Å². The van der Waals surface area contributed by atoms with E-state index in [-0.39, 0.29) is 12.4 Å². The molecule has 0 bridgehead atoms. The second-order valence-corrected chi connectivity index (χ2v) is 11.0. The Morgan fingerprint density at radius 3 is 2.09 bits per heavy atom. The second kappa shape index (κ2) is 13.4. The van der Waals surface area contributed by atoms with E-state index in [1.807, 2.05) is 27.7 Å². The fourth-order valence-corrected chi connectivity index (χ4v) is 3.79. The number of alkyl carbamates (subject to hydrolysis) is 1. The smallest absolute Gasteiger partial charge is 0.407 e. The summed E-state index contributed by atoms with van der Waals surface area (Å²) in [5.41, 5.74) is 2.02. The summed E-state index contributed by atoms with van der Waals surface area (Å²) in [5.74, 6) is 0.702. The number of aryl methyl sites for hydroxylation is 1. The molecule has 0 heterocycles. The van der Waals surface area contributed by atoms with Crippen LogP contribution < -0.4 is 5.32 Å². The van der Waals surface area contributed by atoms with E-state index in [9.17, 15) is 9.59 Å². The van der Waals surface area contributed by atoms with Crippen LogP contribution in [0.3, 0.4) is 0 Å². The average molecular weight is 504 g/mol. The summed E-state index contributed by atoms with van der Waals surface area (Å²) < 4.78 is 10.9. The molecule has 1 N–H and O–H groups in total. The molecule has 1 rings (SSSR count). The Morgan fingerprint density at radius 1 is 1.00 bits per heavy atom. The number of carbonyl (C=O) groups excluding carboxylic acids is 2. The van der Waals surface area contributed by atoms with Crippen molar-refractivity contribution in [1.82, 2.24) is 10.2 Å². The van der Waals surface area contributed by atoms with Crippen LogP contribution in [0.2, 0.25) is 0 Å². The number of halogens is 2. The van der Waals surface area contributed by atoms with Gasteiger partial charge in [-0.2, -0.15) is 0 Å². The Hall–Kier alpha value is -1.50. The summed E-state index contributed by atoms with van der Waals surface area (Å²) in [5, 5.41) is 2.86. The Morgan fingerprint density at radius 2 is 1.58 bits per heavy atom. The number of amides is 1. The monoisotopic (exact) mass is 502 g/mol. The molecular weight excluding hydrogens is 463 g/mol. The Bertz CT molecular complexity index is 737. The van der Waals surface area contributed by atoms with E-state index >= 15 is 0 Å². The summed E-state index contributed by atoms with van der Waals surface area (Å²) in [6.45, 7) is 15.1. The van der Waals surface area contributed by atoms with E-state index in [0.29, 0.717) is 18.2 Å². The number of benzene rings is 1.